The van der Waals surface area contributed by atoms with Crippen LogP contribution in [0.1, 0.15) is 12.0 Å². The van der Waals surface area contributed by atoms with E-state index in [9.17, 15) is 19.7 Å². The molecule has 25 heavy (non-hydrogen) atoms. The van der Waals surface area contributed by atoms with E-state index < -0.39 is 16.7 Å². The van der Waals surface area contributed by atoms with Gasteiger partial charge in [0.2, 0.25) is 11.8 Å². The number of carbonyl (C=O) groups is 2. The highest BCUT2D eigenvalue weighted by Crippen LogP contribution is 2.29. The lowest BCUT2D eigenvalue weighted by Crippen LogP contribution is -2.28. The van der Waals surface area contributed by atoms with Crippen LogP contribution >= 0.6 is 0 Å². The lowest BCUT2D eigenvalue weighted by atomic mass is 10.1. The van der Waals surface area contributed by atoms with Crippen molar-refractivity contribution in [1.82, 2.24) is 0 Å². The second kappa shape index (κ2) is 6.72. The number of carbonyl (C=O) groups excluding carboxylic acids is 2. The summed E-state index contributed by atoms with van der Waals surface area (Å²) >= 11 is 0. The van der Waals surface area contributed by atoms with E-state index in [4.69, 9.17) is 0 Å². The van der Waals surface area contributed by atoms with Crippen LogP contribution in [0.4, 0.5) is 17.1 Å². The summed E-state index contributed by atoms with van der Waals surface area (Å²) in [5.74, 6) is -1.07. The molecule has 3 rings (SSSR count). The van der Waals surface area contributed by atoms with Crippen molar-refractivity contribution in [2.45, 2.75) is 13.3 Å². The Bertz CT molecular complexity index is 835. The predicted octanol–water partition coefficient (Wildman–Crippen LogP) is 2.89. The van der Waals surface area contributed by atoms with Crippen LogP contribution in [0, 0.1) is 23.0 Å². The minimum absolute atomic E-state index is 0.0837. The number of rotatable bonds is 4. The molecule has 2 amide bonds. The van der Waals surface area contributed by atoms with Gasteiger partial charge < -0.3 is 10.2 Å². The van der Waals surface area contributed by atoms with Crippen molar-refractivity contribution >= 4 is 28.9 Å². The molecule has 0 spiro atoms. The Morgan fingerprint density at radius 3 is 2.64 bits per heavy atom. The van der Waals surface area contributed by atoms with Crippen molar-refractivity contribution in [2.75, 3.05) is 16.8 Å². The van der Waals surface area contributed by atoms with Crippen LogP contribution < -0.4 is 10.2 Å². The standard InChI is InChI=1S/C18H17N3O4/c1-12-7-8-15(16(9-12)21(24)25)19-18(23)13-10-17(22)20(11-13)14-5-3-2-4-6-14/h2-9,13H,10-11H2,1H3,(H,19,23). The number of para-hydroxylation sites is 1. The summed E-state index contributed by atoms with van der Waals surface area (Å²) in [4.78, 5) is 36.9. The molecule has 7 heteroatoms. The second-order valence-corrected chi connectivity index (χ2v) is 6.01. The molecule has 2 aromatic rings. The monoisotopic (exact) mass is 339 g/mol. The average molecular weight is 339 g/mol. The highest BCUT2D eigenvalue weighted by molar-refractivity contribution is 6.04. The van der Waals surface area contributed by atoms with Gasteiger partial charge in [-0.2, -0.15) is 0 Å². The van der Waals surface area contributed by atoms with Crippen LogP contribution in [-0.4, -0.2) is 23.3 Å². The van der Waals surface area contributed by atoms with Crippen molar-refractivity contribution in [3.8, 4) is 0 Å². The Balaban J connectivity index is 1.75. The number of benzene rings is 2. The molecule has 1 fully saturated rings. The Morgan fingerprint density at radius 1 is 1.24 bits per heavy atom. The fourth-order valence-corrected chi connectivity index (χ4v) is 2.87. The van der Waals surface area contributed by atoms with Crippen LogP contribution in [0.3, 0.4) is 0 Å². The van der Waals surface area contributed by atoms with Gasteiger partial charge in [-0.3, -0.25) is 19.7 Å². The lowest BCUT2D eigenvalue weighted by Gasteiger charge is -2.16. The number of aryl methyl sites for hydroxylation is 1. The van der Waals surface area contributed by atoms with Gasteiger partial charge in [-0.05, 0) is 30.7 Å². The van der Waals surface area contributed by atoms with Gasteiger partial charge in [-0.15, -0.1) is 0 Å². The summed E-state index contributed by atoms with van der Waals surface area (Å²) in [6.07, 6.45) is 0.0837. The van der Waals surface area contributed by atoms with Gasteiger partial charge in [0.15, 0.2) is 0 Å². The molecule has 128 valence electrons. The molecule has 0 radical (unpaired) electrons. The van der Waals surface area contributed by atoms with Crippen molar-refractivity contribution in [1.29, 1.82) is 0 Å². The van der Waals surface area contributed by atoms with Gasteiger partial charge in [-0.1, -0.05) is 24.3 Å². The van der Waals surface area contributed by atoms with Gasteiger partial charge in [0, 0.05) is 24.7 Å². The largest absolute Gasteiger partial charge is 0.320 e. The molecule has 7 nitrogen and oxygen atoms in total. The van der Waals surface area contributed by atoms with Crippen molar-refractivity contribution in [2.24, 2.45) is 5.92 Å². The first-order valence-corrected chi connectivity index (χ1v) is 7.87. The molecule has 1 saturated heterocycles. The minimum atomic E-state index is -0.548. The predicted molar refractivity (Wildman–Crippen MR) is 93.4 cm³/mol. The maximum Gasteiger partial charge on any atom is 0.293 e. The molecular formula is C18H17N3O4. The number of nitrogens with zero attached hydrogens (tertiary/aromatic N) is 2. The molecule has 1 aliphatic heterocycles. The Kier molecular flexibility index (Phi) is 4.47. The van der Waals surface area contributed by atoms with Crippen LogP contribution in [0.25, 0.3) is 0 Å². The molecule has 0 aromatic heterocycles. The number of anilines is 2. The third-order valence-electron chi connectivity index (χ3n) is 4.17. The molecule has 1 atom stereocenters. The summed E-state index contributed by atoms with van der Waals surface area (Å²) in [6, 6.07) is 13.7. The van der Waals surface area contributed by atoms with Crippen LogP contribution in [-0.2, 0) is 9.59 Å². The molecular weight excluding hydrogens is 322 g/mol. The fourth-order valence-electron chi connectivity index (χ4n) is 2.87. The van der Waals surface area contributed by atoms with Crippen LogP contribution in [0.2, 0.25) is 0 Å². The quantitative estimate of drug-likeness (QED) is 0.685. The summed E-state index contributed by atoms with van der Waals surface area (Å²) in [5.41, 5.74) is 1.46. The first kappa shape index (κ1) is 16.6. The molecule has 2 aromatic carbocycles. The van der Waals surface area contributed by atoms with Gasteiger partial charge in [0.1, 0.15) is 5.69 Å². The van der Waals surface area contributed by atoms with E-state index in [1.165, 1.54) is 12.1 Å². The maximum atomic E-state index is 12.5. The van der Waals surface area contributed by atoms with E-state index in [2.05, 4.69) is 5.32 Å². The zero-order chi connectivity index (χ0) is 18.0. The van der Waals surface area contributed by atoms with Crippen LogP contribution in [0.15, 0.2) is 48.5 Å². The summed E-state index contributed by atoms with van der Waals surface area (Å²) in [5, 5.41) is 13.8. The Hall–Kier alpha value is -3.22. The fraction of sp³-hybridized carbons (Fsp3) is 0.222. The number of hydrogen-bond acceptors (Lipinski definition) is 4. The number of amides is 2. The SMILES string of the molecule is Cc1ccc(NC(=O)C2CC(=O)N(c3ccccc3)C2)c([N+](=O)[O-])c1. The van der Waals surface area contributed by atoms with Gasteiger partial charge in [0.25, 0.3) is 5.69 Å². The normalized spacial score (nSPS) is 16.8. The van der Waals surface area contributed by atoms with E-state index in [0.717, 1.165) is 11.3 Å². The van der Waals surface area contributed by atoms with Crippen LogP contribution in [0.5, 0.6) is 0 Å². The molecule has 1 N–H and O–H groups in total. The van der Waals surface area contributed by atoms with Crippen molar-refractivity contribution in [3.05, 3.63) is 64.2 Å². The van der Waals surface area contributed by atoms with E-state index in [1.54, 1.807) is 17.9 Å². The summed E-state index contributed by atoms with van der Waals surface area (Å²) < 4.78 is 0. The number of nitro groups is 1. The highest BCUT2D eigenvalue weighted by Gasteiger charge is 2.35. The van der Waals surface area contributed by atoms with E-state index >= 15 is 0 Å². The molecule has 0 aliphatic carbocycles. The third-order valence-corrected chi connectivity index (χ3v) is 4.17. The molecule has 1 aliphatic rings. The molecule has 0 saturated carbocycles. The highest BCUT2D eigenvalue weighted by atomic mass is 16.6. The smallest absolute Gasteiger partial charge is 0.293 e. The van der Waals surface area contributed by atoms with E-state index in [-0.39, 0.29) is 30.2 Å². The molecule has 1 unspecified atom stereocenters. The first-order valence-electron chi connectivity index (χ1n) is 7.87. The topological polar surface area (TPSA) is 92.6 Å². The number of hydrogen-bond donors (Lipinski definition) is 1. The minimum Gasteiger partial charge on any atom is -0.320 e. The Labute approximate surface area is 144 Å². The summed E-state index contributed by atoms with van der Waals surface area (Å²) in [7, 11) is 0. The van der Waals surface area contributed by atoms with Crippen molar-refractivity contribution in [3.63, 3.8) is 0 Å². The molecule has 0 bridgehead atoms. The number of nitrogens with one attached hydrogen (secondary N) is 1. The summed E-state index contributed by atoms with van der Waals surface area (Å²) in [6.45, 7) is 2.00. The molecule has 1 heterocycles. The maximum absolute atomic E-state index is 12.5. The zero-order valence-electron chi connectivity index (χ0n) is 13.6. The Morgan fingerprint density at radius 2 is 1.96 bits per heavy atom. The third kappa shape index (κ3) is 3.50. The second-order valence-electron chi connectivity index (χ2n) is 6.01. The average Bonchev–Trinajstić information content (AvgIpc) is 2.99. The first-order chi connectivity index (χ1) is 12.0. The van der Waals surface area contributed by atoms with Crippen molar-refractivity contribution < 1.29 is 14.5 Å². The number of nitro benzene ring substituents is 1. The van der Waals surface area contributed by atoms with Gasteiger partial charge in [-0.25, -0.2) is 0 Å². The van der Waals surface area contributed by atoms with E-state index in [1.807, 2.05) is 30.3 Å². The van der Waals surface area contributed by atoms with Gasteiger partial charge >= 0.3 is 0 Å². The van der Waals surface area contributed by atoms with E-state index in [0.29, 0.717) is 0 Å². The lowest BCUT2D eigenvalue weighted by molar-refractivity contribution is -0.384. The zero-order valence-corrected chi connectivity index (χ0v) is 13.6. The van der Waals surface area contributed by atoms with Gasteiger partial charge in [0.05, 0.1) is 10.8 Å².